The van der Waals surface area contributed by atoms with Crippen molar-refractivity contribution in [2.45, 2.75) is 96.9 Å². The number of carbonyl (C=O) groups is 2. The maximum absolute atomic E-state index is 11.8. The Morgan fingerprint density at radius 1 is 0.493 bits per heavy atom. The van der Waals surface area contributed by atoms with Gasteiger partial charge in [-0.25, -0.2) is 26.4 Å². The molecule has 0 unspecified atom stereocenters. The van der Waals surface area contributed by atoms with E-state index < -0.39 is 69.7 Å². The van der Waals surface area contributed by atoms with Crippen LogP contribution in [0.1, 0.15) is 112 Å². The zero-order valence-corrected chi connectivity index (χ0v) is 92.2. The molecule has 0 amide bonds. The molecule has 26 nitrogen and oxygen atoms in total. The first kappa shape index (κ1) is 112. The normalized spacial score (nSPS) is 17.5. The van der Waals surface area contributed by atoms with E-state index in [2.05, 4.69) is 181 Å². The number of allylic oxidation sites excluding steroid dienone is 23. The molecule has 0 radical (unpaired) electrons. The van der Waals surface area contributed by atoms with Crippen molar-refractivity contribution in [1.29, 1.82) is 0 Å². The van der Waals surface area contributed by atoms with E-state index in [-0.39, 0.29) is 100 Å². The number of rotatable bonds is 30. The van der Waals surface area contributed by atoms with E-state index in [1.54, 1.807) is 12.2 Å². The summed E-state index contributed by atoms with van der Waals surface area (Å²) in [5, 5.41) is 7.74. The predicted octanol–water partition coefficient (Wildman–Crippen LogP) is 14.7. The van der Waals surface area contributed by atoms with Crippen molar-refractivity contribution >= 4 is 160 Å². The Kier molecular flexibility index (Phi) is 39.1. The van der Waals surface area contributed by atoms with Gasteiger partial charge in [0, 0.05) is 134 Å². The third-order valence-corrected chi connectivity index (χ3v) is 32.4. The molecule has 0 saturated heterocycles. The van der Waals surface area contributed by atoms with Crippen molar-refractivity contribution in [2.24, 2.45) is 15.3 Å². The number of para-hydroxylation sites is 5. The number of hydrogen-bond acceptors (Lipinski definition) is 23. The second-order valence-electron chi connectivity index (χ2n) is 36.6. The van der Waals surface area contributed by atoms with Crippen LogP contribution in [0.25, 0.3) is 21.9 Å². The fourth-order valence-electron chi connectivity index (χ4n) is 17.1. The van der Waals surface area contributed by atoms with Gasteiger partial charge in [0.2, 0.25) is 5.69 Å². The van der Waals surface area contributed by atoms with E-state index in [0.717, 1.165) is 93.5 Å². The summed E-state index contributed by atoms with van der Waals surface area (Å²) in [4.78, 5) is 48.2. The van der Waals surface area contributed by atoms with Crippen LogP contribution in [0.5, 0.6) is 0 Å². The third kappa shape index (κ3) is 30.9. The Morgan fingerprint density at radius 3 is 1.60 bits per heavy atom. The molecule has 1 aromatic heterocycles. The molecule has 0 saturated carbocycles. The van der Waals surface area contributed by atoms with E-state index in [1.807, 2.05) is 286 Å². The number of carbonyl (C=O) groups excluding carboxylic acids is 2. The average Bonchev–Trinajstić information content (AvgIpc) is 1.58. The first-order valence-corrected chi connectivity index (χ1v) is 56.8. The van der Waals surface area contributed by atoms with E-state index in [0.29, 0.717) is 55.2 Å². The van der Waals surface area contributed by atoms with Crippen LogP contribution in [0, 0.1) is 0 Å². The molecule has 0 spiro atoms. The SMILES string of the molecule is CC(/C=C1\[Se]c2ccccc2N1CCCS(=O)(=O)O)=C\c1[se]c2ccccc2[n+]1CCCS(=O)(=O)[O-].CC1(C)C(/C=C/C=C/C=C/C=C2/N(CCCS(=O)(=O)[O-])c3ccccc3C2(C)C)=[N+](CCCS(=O)(=O)[O-])c2ccccc21.CN(C)c1ccc(/C=C/C2=Nc3ccccc3C2(C)C)cc1.CN1C=CC(=C/C=C/C=C2\C(=O)ON=C2c2ccccc2)C=C1.CN1C=CC(=C/C=C2\C(=O)ON=C2c2ccccc2)C=C1.[Na+]. The second kappa shape index (κ2) is 50.8. The minimum atomic E-state index is -4.28. The molecule has 0 bridgehead atoms. The maximum Gasteiger partial charge on any atom is 1.00 e. The molecule has 33 heteroatoms. The van der Waals surface area contributed by atoms with Gasteiger partial charge in [-0.1, -0.05) is 226 Å². The smallest absolute Gasteiger partial charge is 0.748 e. The molecule has 8 aromatic carbocycles. The number of hydrogen-bond donors (Lipinski definition) is 1. The average molecular weight is 2180 g/mol. The van der Waals surface area contributed by atoms with Gasteiger partial charge in [0.05, 0.1) is 48.2 Å². The number of aromatic nitrogens is 1. The van der Waals surface area contributed by atoms with E-state index >= 15 is 0 Å². The topological polar surface area (TPSA) is 339 Å². The maximum atomic E-state index is 11.8. The van der Waals surface area contributed by atoms with Crippen LogP contribution >= 0.6 is 0 Å². The molecule has 752 valence electrons. The quantitative estimate of drug-likeness (QED) is 0.0109. The van der Waals surface area contributed by atoms with Crippen LogP contribution in [0.15, 0.2) is 400 Å². The summed E-state index contributed by atoms with van der Waals surface area (Å²) in [7, 11) is -8.80. The largest absolute Gasteiger partial charge is 1.00 e. The number of benzene rings is 8. The molecule has 8 aliphatic heterocycles. The molecule has 0 fully saturated rings. The molecule has 146 heavy (non-hydrogen) atoms. The monoisotopic (exact) mass is 2180 g/mol. The van der Waals surface area contributed by atoms with Gasteiger partial charge in [-0.15, -0.1) is 0 Å². The van der Waals surface area contributed by atoms with Gasteiger partial charge < -0.3 is 38.4 Å². The Morgan fingerprint density at radius 2 is 0.993 bits per heavy atom. The molecule has 0 aliphatic carbocycles. The third-order valence-electron chi connectivity index (χ3n) is 24.5. The first-order valence-electron chi connectivity index (χ1n) is 47.1. The number of fused-ring (bicyclic) bond motifs is 5. The van der Waals surface area contributed by atoms with Gasteiger partial charge >= 0.3 is 266 Å². The van der Waals surface area contributed by atoms with Gasteiger partial charge in [-0.3, -0.25) is 4.99 Å². The van der Waals surface area contributed by atoms with Crippen LogP contribution in [0.2, 0.25) is 0 Å². The van der Waals surface area contributed by atoms with Gasteiger partial charge in [0.1, 0.15) is 18.0 Å². The number of oxime groups is 2. The summed E-state index contributed by atoms with van der Waals surface area (Å²) in [6.45, 7) is 16.8. The Hall–Kier alpha value is -12.4. The summed E-state index contributed by atoms with van der Waals surface area (Å²) >= 11 is 0.103. The summed E-state index contributed by atoms with van der Waals surface area (Å²) in [5.74, 6) is -2.33. The van der Waals surface area contributed by atoms with Crippen LogP contribution in [-0.4, -0.2) is 201 Å². The van der Waals surface area contributed by atoms with Gasteiger partial charge in [0.25, 0.3) is 0 Å². The van der Waals surface area contributed by atoms with Gasteiger partial charge in [-0.2, -0.15) is 4.58 Å². The van der Waals surface area contributed by atoms with Gasteiger partial charge in [0.15, 0.2) is 5.71 Å². The minimum Gasteiger partial charge on any atom is -0.748 e. The van der Waals surface area contributed by atoms with Crippen molar-refractivity contribution in [3.63, 3.8) is 0 Å². The molecule has 17 rings (SSSR count). The number of anilines is 3. The Balaban J connectivity index is 0.000000167. The van der Waals surface area contributed by atoms with Crippen molar-refractivity contribution in [3.8, 4) is 0 Å². The van der Waals surface area contributed by atoms with E-state index in [1.165, 1.54) is 25.5 Å². The summed E-state index contributed by atoms with van der Waals surface area (Å²) in [6, 6.07) is 68.2. The molecule has 9 heterocycles. The van der Waals surface area contributed by atoms with Crippen molar-refractivity contribution in [3.05, 3.63) is 423 Å². The minimum absolute atomic E-state index is 0. The summed E-state index contributed by atoms with van der Waals surface area (Å²) in [6.07, 6.45) is 50.1. The van der Waals surface area contributed by atoms with Crippen LogP contribution in [0.4, 0.5) is 28.4 Å². The second-order valence-corrected chi connectivity index (χ2v) is 47.2. The van der Waals surface area contributed by atoms with Crippen molar-refractivity contribution < 1.29 is 110 Å². The van der Waals surface area contributed by atoms with Gasteiger partial charge in [-0.05, 0) is 121 Å². The van der Waals surface area contributed by atoms with E-state index in [4.69, 9.17) is 19.2 Å². The number of aryl methyl sites for hydroxylation is 1. The van der Waals surface area contributed by atoms with Crippen LogP contribution in [0.3, 0.4) is 0 Å². The molecule has 8 aliphatic rings. The zero-order chi connectivity index (χ0) is 104. The first-order chi connectivity index (χ1) is 69.1. The number of aliphatic imine (C=N–C) groups is 1. The Bertz CT molecular complexity index is 7480. The van der Waals surface area contributed by atoms with Crippen LogP contribution < -0.4 is 53.3 Å². The molecule has 9 aromatic rings. The van der Waals surface area contributed by atoms with Crippen molar-refractivity contribution in [2.75, 3.05) is 85.5 Å². The summed E-state index contributed by atoms with van der Waals surface area (Å²) in [5.41, 5.74) is 20.7. The fourth-order valence-corrected chi connectivity index (χ4v) is 24.1. The van der Waals surface area contributed by atoms with Crippen molar-refractivity contribution in [1.82, 2.24) is 9.80 Å². The molecule has 0 atom stereocenters. The zero-order valence-electron chi connectivity index (χ0n) is 83.5. The molecular weight excluding hydrogens is 2060 g/mol. The van der Waals surface area contributed by atoms with Crippen LogP contribution in [-0.2, 0) is 82.5 Å². The molecular formula is C113H117N10NaO16S4Se2. The fraction of sp³-hybridized carbons (Fsp3) is 0.230. The molecule has 1 N–H and O–H groups in total. The predicted molar refractivity (Wildman–Crippen MR) is 580 cm³/mol. The van der Waals surface area contributed by atoms with E-state index in [9.17, 15) is 56.9 Å². The summed E-state index contributed by atoms with van der Waals surface area (Å²) < 4.78 is 141. The number of nitrogens with zero attached hydrogens (tertiary/aromatic N) is 10. The Labute approximate surface area is 891 Å². The standard InChI is InChI=1S/C33H40N2O6S2.C24H26N2O6S2Se2.C20H22N2.C19H16N2O2.C17H14N2O2.Na/c1-32(2)26-16-10-12-18-28(26)34(22-14-24-42(36,37)38)30(32)20-8-6-5-7-9-21-31-33(3,4)27-17-11-13-19-29(27)35(31)23-15-25-43(39,40)41;1-18(16-23-25(12-6-14-33(27,28)29)19-8-2-4-10-21(19)35-23)17-24-26(13-7-15-34(30,31)32)20-9-3-5-11-22(20)36-24;1-20(2)17-7-5-6-8-18(17)21-19(20)14-11-15-9-12-16(13-10-15)22(3)4;1-21-13-11-15(12-14-21)7-5-6-10-17-18(20-23-19(17)22)16-8-3-2-4-9-16;1-19-11-9-13(10-12-19)7-8-15-16(18-21-17(15)20)14-5-3-2-4-6-14;/h5-13,16-21H,14-15,22-25H2,1-4H3,(H-,36,37,38,39,40,41);2-5,8-11,16-17H,6-7,12-15H2,1H3,(H-,27,28,29,30,31,32);5-14H,1-4H3;2-14H,1H3;2-12H,1H3;/q;;;;;+1/p-1/b;;14-11+;6-5+,17-10-;15-8-;.